The number of carboxylic acids is 1. The van der Waals surface area contributed by atoms with E-state index >= 15 is 0 Å². The van der Waals surface area contributed by atoms with Crippen molar-refractivity contribution in [2.75, 3.05) is 0 Å². The normalized spacial score (nSPS) is 19.2. The largest absolute Gasteiger partial charge is 0.480 e. The SMILES string of the molecule is CCC1(C(=O)N[C@H](CC(C)C)C(=O)O)CC1. The monoisotopic (exact) mass is 227 g/mol. The molecule has 0 bridgehead atoms. The molecule has 0 saturated heterocycles. The van der Waals surface area contributed by atoms with Crippen LogP contribution in [0.15, 0.2) is 0 Å². The van der Waals surface area contributed by atoms with Crippen LogP contribution in [0.1, 0.15) is 46.5 Å². The Morgan fingerprint density at radius 3 is 2.25 bits per heavy atom. The predicted octanol–water partition coefficient (Wildman–Crippen LogP) is 1.79. The number of rotatable bonds is 6. The second-order valence-electron chi connectivity index (χ2n) is 5.13. The molecule has 0 unspecified atom stereocenters. The van der Waals surface area contributed by atoms with Crippen LogP contribution in [0, 0.1) is 11.3 Å². The van der Waals surface area contributed by atoms with Crippen molar-refractivity contribution in [3.63, 3.8) is 0 Å². The first kappa shape index (κ1) is 13.0. The third kappa shape index (κ3) is 2.97. The van der Waals surface area contributed by atoms with Crippen molar-refractivity contribution in [1.82, 2.24) is 5.32 Å². The Morgan fingerprint density at radius 1 is 1.38 bits per heavy atom. The molecule has 0 aromatic rings. The fraction of sp³-hybridized carbons (Fsp3) is 0.833. The summed E-state index contributed by atoms with van der Waals surface area (Å²) < 4.78 is 0. The Morgan fingerprint density at radius 2 is 1.94 bits per heavy atom. The van der Waals surface area contributed by atoms with Crippen LogP contribution in [0.4, 0.5) is 0 Å². The molecule has 1 aliphatic carbocycles. The summed E-state index contributed by atoms with van der Waals surface area (Å²) in [5, 5.41) is 11.7. The number of carboxylic acid groups (broad SMARTS) is 1. The standard InChI is InChI=1S/C12H21NO3/c1-4-12(5-6-12)11(16)13-9(10(14)15)7-8(2)3/h8-9H,4-7H2,1-3H3,(H,13,16)(H,14,15)/t9-/m1/s1. The summed E-state index contributed by atoms with van der Waals surface area (Å²) >= 11 is 0. The molecule has 92 valence electrons. The van der Waals surface area contributed by atoms with Gasteiger partial charge in [0, 0.05) is 5.41 Å². The number of carbonyl (C=O) groups excluding carboxylic acids is 1. The molecular weight excluding hydrogens is 206 g/mol. The molecule has 4 nitrogen and oxygen atoms in total. The Bertz CT molecular complexity index is 282. The number of hydrogen-bond donors (Lipinski definition) is 2. The minimum Gasteiger partial charge on any atom is -0.480 e. The molecule has 0 aromatic carbocycles. The molecule has 0 aromatic heterocycles. The van der Waals surface area contributed by atoms with Crippen molar-refractivity contribution in [3.8, 4) is 0 Å². The van der Waals surface area contributed by atoms with Gasteiger partial charge in [-0.2, -0.15) is 0 Å². The van der Waals surface area contributed by atoms with Crippen LogP contribution in [0.25, 0.3) is 0 Å². The molecule has 1 rings (SSSR count). The predicted molar refractivity (Wildman–Crippen MR) is 61.0 cm³/mol. The van der Waals surface area contributed by atoms with Crippen LogP contribution in [-0.2, 0) is 9.59 Å². The fourth-order valence-corrected chi connectivity index (χ4v) is 1.90. The van der Waals surface area contributed by atoms with Gasteiger partial charge in [0.05, 0.1) is 0 Å². The molecular formula is C12H21NO3. The fourth-order valence-electron chi connectivity index (χ4n) is 1.90. The summed E-state index contributed by atoms with van der Waals surface area (Å²) in [7, 11) is 0. The molecule has 1 fully saturated rings. The van der Waals surface area contributed by atoms with E-state index in [0.717, 1.165) is 19.3 Å². The van der Waals surface area contributed by atoms with Gasteiger partial charge < -0.3 is 10.4 Å². The van der Waals surface area contributed by atoms with E-state index < -0.39 is 12.0 Å². The molecule has 1 aliphatic rings. The Kier molecular flexibility index (Phi) is 3.94. The van der Waals surface area contributed by atoms with Gasteiger partial charge in [0.15, 0.2) is 0 Å². The maximum Gasteiger partial charge on any atom is 0.326 e. The summed E-state index contributed by atoms with van der Waals surface area (Å²) in [5.41, 5.74) is -0.259. The molecule has 0 spiro atoms. The zero-order valence-corrected chi connectivity index (χ0v) is 10.2. The van der Waals surface area contributed by atoms with Crippen molar-refractivity contribution in [1.29, 1.82) is 0 Å². The van der Waals surface area contributed by atoms with Crippen molar-refractivity contribution < 1.29 is 14.7 Å². The second kappa shape index (κ2) is 4.85. The summed E-state index contributed by atoms with van der Waals surface area (Å²) in [6.07, 6.45) is 3.07. The second-order valence-corrected chi connectivity index (χ2v) is 5.13. The van der Waals surface area contributed by atoms with Crippen molar-refractivity contribution >= 4 is 11.9 Å². The van der Waals surface area contributed by atoms with Gasteiger partial charge in [-0.25, -0.2) is 4.79 Å². The number of aliphatic carboxylic acids is 1. The summed E-state index contributed by atoms with van der Waals surface area (Å²) in [6.45, 7) is 5.88. The van der Waals surface area contributed by atoms with Crippen molar-refractivity contribution in [2.24, 2.45) is 11.3 Å². The van der Waals surface area contributed by atoms with Crippen LogP contribution in [0.5, 0.6) is 0 Å². The first-order chi connectivity index (χ1) is 7.41. The Balaban J connectivity index is 2.55. The lowest BCUT2D eigenvalue weighted by molar-refractivity contribution is -0.143. The van der Waals surface area contributed by atoms with Gasteiger partial charge in [0.2, 0.25) is 5.91 Å². The Labute approximate surface area is 96.4 Å². The van der Waals surface area contributed by atoms with E-state index in [-0.39, 0.29) is 17.2 Å². The van der Waals surface area contributed by atoms with Crippen LogP contribution in [0.2, 0.25) is 0 Å². The third-order valence-corrected chi connectivity index (χ3v) is 3.32. The van der Waals surface area contributed by atoms with E-state index in [1.165, 1.54) is 0 Å². The van der Waals surface area contributed by atoms with Crippen molar-refractivity contribution in [2.45, 2.75) is 52.5 Å². The number of nitrogens with one attached hydrogen (secondary N) is 1. The van der Waals surface area contributed by atoms with E-state index in [1.807, 2.05) is 20.8 Å². The molecule has 16 heavy (non-hydrogen) atoms. The first-order valence-electron chi connectivity index (χ1n) is 5.95. The highest BCUT2D eigenvalue weighted by Gasteiger charge is 2.48. The molecule has 0 aliphatic heterocycles. The highest BCUT2D eigenvalue weighted by atomic mass is 16.4. The summed E-state index contributed by atoms with van der Waals surface area (Å²) in [4.78, 5) is 22.9. The van der Waals surface area contributed by atoms with Gasteiger partial charge in [0.25, 0.3) is 0 Å². The zero-order chi connectivity index (χ0) is 12.3. The lowest BCUT2D eigenvalue weighted by Crippen LogP contribution is -2.44. The van der Waals surface area contributed by atoms with E-state index in [4.69, 9.17) is 5.11 Å². The van der Waals surface area contributed by atoms with E-state index in [1.54, 1.807) is 0 Å². The number of carbonyl (C=O) groups is 2. The minimum atomic E-state index is -0.936. The van der Waals surface area contributed by atoms with Gasteiger partial charge >= 0.3 is 5.97 Å². The molecule has 0 radical (unpaired) electrons. The maximum atomic E-state index is 11.9. The van der Waals surface area contributed by atoms with Gasteiger partial charge in [-0.1, -0.05) is 20.8 Å². The van der Waals surface area contributed by atoms with Crippen LogP contribution < -0.4 is 5.32 Å². The van der Waals surface area contributed by atoms with Gasteiger partial charge in [0.1, 0.15) is 6.04 Å². The van der Waals surface area contributed by atoms with Gasteiger partial charge in [-0.3, -0.25) is 4.79 Å². The average molecular weight is 227 g/mol. The zero-order valence-electron chi connectivity index (χ0n) is 10.2. The van der Waals surface area contributed by atoms with Crippen LogP contribution in [-0.4, -0.2) is 23.0 Å². The molecule has 2 N–H and O–H groups in total. The van der Waals surface area contributed by atoms with Crippen LogP contribution >= 0.6 is 0 Å². The smallest absolute Gasteiger partial charge is 0.326 e. The highest BCUT2D eigenvalue weighted by molar-refractivity contribution is 5.89. The number of amides is 1. The average Bonchev–Trinajstić information content (AvgIpc) is 2.96. The van der Waals surface area contributed by atoms with E-state index in [9.17, 15) is 9.59 Å². The molecule has 1 saturated carbocycles. The number of hydrogen-bond acceptors (Lipinski definition) is 2. The lowest BCUT2D eigenvalue weighted by Gasteiger charge is -2.20. The quantitative estimate of drug-likeness (QED) is 0.727. The van der Waals surface area contributed by atoms with Crippen LogP contribution in [0.3, 0.4) is 0 Å². The van der Waals surface area contributed by atoms with Crippen molar-refractivity contribution in [3.05, 3.63) is 0 Å². The van der Waals surface area contributed by atoms with E-state index in [2.05, 4.69) is 5.32 Å². The molecule has 4 heteroatoms. The third-order valence-electron chi connectivity index (χ3n) is 3.32. The molecule has 1 amide bonds. The minimum absolute atomic E-state index is 0.0805. The van der Waals surface area contributed by atoms with Gasteiger partial charge in [-0.15, -0.1) is 0 Å². The first-order valence-corrected chi connectivity index (χ1v) is 5.95. The molecule has 0 heterocycles. The van der Waals surface area contributed by atoms with Gasteiger partial charge in [-0.05, 0) is 31.6 Å². The topological polar surface area (TPSA) is 66.4 Å². The van der Waals surface area contributed by atoms with E-state index in [0.29, 0.717) is 6.42 Å². The summed E-state index contributed by atoms with van der Waals surface area (Å²) in [6, 6.07) is -0.739. The summed E-state index contributed by atoms with van der Waals surface area (Å²) in [5.74, 6) is -0.754. The molecule has 1 atom stereocenters. The Hall–Kier alpha value is -1.06. The maximum absolute atomic E-state index is 11.9. The lowest BCUT2D eigenvalue weighted by atomic mass is 9.99. The highest BCUT2D eigenvalue weighted by Crippen LogP contribution is 2.48.